The van der Waals surface area contributed by atoms with Gasteiger partial charge in [0.2, 0.25) is 0 Å². The van der Waals surface area contributed by atoms with Crippen LogP contribution in [0.2, 0.25) is 0 Å². The quantitative estimate of drug-likeness (QED) is 0.770. The zero-order valence-electron chi connectivity index (χ0n) is 11.5. The fourth-order valence-electron chi connectivity index (χ4n) is 3.06. The summed E-state index contributed by atoms with van der Waals surface area (Å²) in [6.07, 6.45) is 13.0. The fraction of sp³-hybridized carbons (Fsp3) is 0.800. The lowest BCUT2D eigenvalue weighted by atomic mass is 9.86. The minimum Gasteiger partial charge on any atom is -0.335 e. The zero-order valence-corrected chi connectivity index (χ0v) is 11.5. The molecular formula is C15H26N2O. The van der Waals surface area contributed by atoms with Crippen LogP contribution >= 0.6 is 0 Å². The van der Waals surface area contributed by atoms with Gasteiger partial charge in [0.05, 0.1) is 0 Å². The Morgan fingerprint density at radius 2 is 1.83 bits per heavy atom. The summed E-state index contributed by atoms with van der Waals surface area (Å²) in [6, 6.07) is 0.343. The summed E-state index contributed by atoms with van der Waals surface area (Å²) in [6.45, 7) is 2.24. The van der Waals surface area contributed by atoms with Crippen molar-refractivity contribution in [3.8, 4) is 0 Å². The predicted octanol–water partition coefficient (Wildman–Crippen LogP) is 3.71. The first-order valence-corrected chi connectivity index (χ1v) is 7.50. The van der Waals surface area contributed by atoms with Crippen LogP contribution in [0.15, 0.2) is 11.8 Å². The maximum atomic E-state index is 11.8. The molecule has 0 spiro atoms. The molecule has 102 valence electrons. The Morgan fingerprint density at radius 1 is 1.11 bits per heavy atom. The van der Waals surface area contributed by atoms with Gasteiger partial charge in [-0.1, -0.05) is 31.8 Å². The summed E-state index contributed by atoms with van der Waals surface area (Å²) < 4.78 is 0. The molecule has 0 aliphatic heterocycles. The predicted molar refractivity (Wildman–Crippen MR) is 74.3 cm³/mol. The van der Waals surface area contributed by atoms with Crippen molar-refractivity contribution in [2.75, 3.05) is 0 Å². The molecule has 2 unspecified atom stereocenters. The van der Waals surface area contributed by atoms with Gasteiger partial charge < -0.3 is 10.6 Å². The van der Waals surface area contributed by atoms with E-state index in [2.05, 4.69) is 17.6 Å². The van der Waals surface area contributed by atoms with Crippen LogP contribution in [-0.2, 0) is 0 Å². The van der Waals surface area contributed by atoms with Crippen LogP contribution in [-0.4, -0.2) is 12.1 Å². The first-order chi connectivity index (χ1) is 8.75. The molecule has 2 aliphatic rings. The second-order valence-corrected chi connectivity index (χ2v) is 5.85. The summed E-state index contributed by atoms with van der Waals surface area (Å²) in [7, 11) is 0. The van der Waals surface area contributed by atoms with Crippen molar-refractivity contribution in [2.24, 2.45) is 5.92 Å². The molecule has 2 atom stereocenters. The number of hydrogen-bond acceptors (Lipinski definition) is 1. The lowest BCUT2D eigenvalue weighted by Gasteiger charge is -2.29. The van der Waals surface area contributed by atoms with E-state index in [4.69, 9.17) is 0 Å². The Bertz CT molecular complexity index is 304. The first-order valence-electron chi connectivity index (χ1n) is 7.50. The van der Waals surface area contributed by atoms with Gasteiger partial charge in [0.15, 0.2) is 0 Å². The number of nitrogens with one attached hydrogen (secondary N) is 2. The van der Waals surface area contributed by atoms with E-state index in [1.807, 2.05) is 6.20 Å². The SMILES string of the molecule is CC1CCCCC1NC(=O)NC=C1CCCCC1. The topological polar surface area (TPSA) is 41.1 Å². The third-order valence-corrected chi connectivity index (χ3v) is 4.33. The van der Waals surface area contributed by atoms with Gasteiger partial charge in [0, 0.05) is 12.2 Å². The van der Waals surface area contributed by atoms with E-state index in [-0.39, 0.29) is 6.03 Å². The summed E-state index contributed by atoms with van der Waals surface area (Å²) in [5, 5.41) is 6.02. The molecule has 2 amide bonds. The largest absolute Gasteiger partial charge is 0.335 e. The molecule has 18 heavy (non-hydrogen) atoms. The minimum absolute atomic E-state index is 0.0215. The smallest absolute Gasteiger partial charge is 0.318 e. The molecule has 0 radical (unpaired) electrons. The number of allylic oxidation sites excluding steroid dienone is 1. The Morgan fingerprint density at radius 3 is 2.56 bits per heavy atom. The van der Waals surface area contributed by atoms with E-state index in [0.29, 0.717) is 12.0 Å². The van der Waals surface area contributed by atoms with Gasteiger partial charge in [-0.25, -0.2) is 4.79 Å². The molecule has 0 aromatic carbocycles. The Labute approximate surface area is 110 Å². The third-order valence-electron chi connectivity index (χ3n) is 4.33. The maximum absolute atomic E-state index is 11.8. The molecule has 2 rings (SSSR count). The summed E-state index contributed by atoms with van der Waals surface area (Å²) >= 11 is 0. The highest BCUT2D eigenvalue weighted by Crippen LogP contribution is 2.24. The summed E-state index contributed by atoms with van der Waals surface area (Å²) in [4.78, 5) is 11.8. The first kappa shape index (κ1) is 13.4. The van der Waals surface area contributed by atoms with E-state index in [0.717, 1.165) is 19.3 Å². The molecule has 2 N–H and O–H groups in total. The highest BCUT2D eigenvalue weighted by Gasteiger charge is 2.22. The second kappa shape index (κ2) is 6.81. The lowest BCUT2D eigenvalue weighted by Crippen LogP contribution is -2.44. The van der Waals surface area contributed by atoms with E-state index >= 15 is 0 Å². The van der Waals surface area contributed by atoms with E-state index in [1.165, 1.54) is 44.1 Å². The van der Waals surface area contributed by atoms with Gasteiger partial charge in [-0.2, -0.15) is 0 Å². The van der Waals surface area contributed by atoms with Gasteiger partial charge >= 0.3 is 6.03 Å². The molecule has 0 bridgehead atoms. The van der Waals surface area contributed by atoms with Crippen molar-refractivity contribution in [3.63, 3.8) is 0 Å². The average molecular weight is 250 g/mol. The Kier molecular flexibility index (Phi) is 5.09. The number of carbonyl (C=O) groups is 1. The minimum atomic E-state index is -0.0215. The van der Waals surface area contributed by atoms with Crippen LogP contribution in [0.3, 0.4) is 0 Å². The van der Waals surface area contributed by atoms with E-state index in [9.17, 15) is 4.79 Å². The fourth-order valence-corrected chi connectivity index (χ4v) is 3.06. The van der Waals surface area contributed by atoms with Crippen LogP contribution in [0.5, 0.6) is 0 Å². The standard InChI is InChI=1S/C15H26N2O/c1-12-7-5-6-10-14(12)17-15(18)16-11-13-8-3-2-4-9-13/h11-12,14H,2-10H2,1H3,(H2,16,17,18). The van der Waals surface area contributed by atoms with Crippen molar-refractivity contribution >= 4 is 6.03 Å². The molecular weight excluding hydrogens is 224 g/mol. The molecule has 0 aromatic rings. The van der Waals surface area contributed by atoms with Gasteiger partial charge in [0.25, 0.3) is 0 Å². The third kappa shape index (κ3) is 4.04. The Balaban J connectivity index is 1.74. The number of rotatable bonds is 2. The normalized spacial score (nSPS) is 28.6. The molecule has 2 fully saturated rings. The van der Waals surface area contributed by atoms with Crippen molar-refractivity contribution in [2.45, 2.75) is 70.8 Å². The van der Waals surface area contributed by atoms with Crippen LogP contribution < -0.4 is 10.6 Å². The van der Waals surface area contributed by atoms with Crippen molar-refractivity contribution in [1.82, 2.24) is 10.6 Å². The monoisotopic (exact) mass is 250 g/mol. The molecule has 0 aromatic heterocycles. The summed E-state index contributed by atoms with van der Waals surface area (Å²) in [5.74, 6) is 0.617. The van der Waals surface area contributed by atoms with Gasteiger partial charge in [-0.05, 0) is 44.4 Å². The number of hydrogen-bond donors (Lipinski definition) is 2. The zero-order chi connectivity index (χ0) is 12.8. The highest BCUT2D eigenvalue weighted by atomic mass is 16.2. The molecule has 3 nitrogen and oxygen atoms in total. The molecule has 3 heteroatoms. The van der Waals surface area contributed by atoms with Gasteiger partial charge in [0.1, 0.15) is 0 Å². The van der Waals surface area contributed by atoms with E-state index < -0.39 is 0 Å². The van der Waals surface area contributed by atoms with Crippen LogP contribution in [0, 0.1) is 5.92 Å². The van der Waals surface area contributed by atoms with Gasteiger partial charge in [-0.3, -0.25) is 0 Å². The van der Waals surface area contributed by atoms with Crippen molar-refractivity contribution in [1.29, 1.82) is 0 Å². The van der Waals surface area contributed by atoms with Gasteiger partial charge in [-0.15, -0.1) is 0 Å². The number of urea groups is 1. The van der Waals surface area contributed by atoms with Crippen molar-refractivity contribution < 1.29 is 4.79 Å². The molecule has 2 saturated carbocycles. The molecule has 2 aliphatic carbocycles. The second-order valence-electron chi connectivity index (χ2n) is 5.85. The van der Waals surface area contributed by atoms with Crippen LogP contribution in [0.1, 0.15) is 64.7 Å². The highest BCUT2D eigenvalue weighted by molar-refractivity contribution is 5.75. The number of carbonyl (C=O) groups excluding carboxylic acids is 1. The van der Waals surface area contributed by atoms with Crippen LogP contribution in [0.4, 0.5) is 4.79 Å². The Hall–Kier alpha value is -0.990. The van der Waals surface area contributed by atoms with Crippen LogP contribution in [0.25, 0.3) is 0 Å². The van der Waals surface area contributed by atoms with E-state index in [1.54, 1.807) is 0 Å². The van der Waals surface area contributed by atoms with Crippen molar-refractivity contribution in [3.05, 3.63) is 11.8 Å². The average Bonchev–Trinajstić information content (AvgIpc) is 2.40. The maximum Gasteiger partial charge on any atom is 0.318 e. The summed E-state index contributed by atoms with van der Waals surface area (Å²) in [5.41, 5.74) is 1.40. The number of amides is 2. The molecule has 0 saturated heterocycles. The lowest BCUT2D eigenvalue weighted by molar-refractivity contribution is 0.224. The molecule has 0 heterocycles.